The van der Waals surface area contributed by atoms with Crippen LogP contribution in [0.2, 0.25) is 0 Å². The smallest absolute Gasteiger partial charge is 0.140 e. The number of ether oxygens (including phenoxy) is 1. The van der Waals surface area contributed by atoms with Gasteiger partial charge in [0.2, 0.25) is 0 Å². The highest BCUT2D eigenvalue weighted by molar-refractivity contribution is 5.79. The molecule has 0 aromatic rings. The van der Waals surface area contributed by atoms with Gasteiger partial charge in [-0.05, 0) is 37.0 Å². The second-order valence-corrected chi connectivity index (χ2v) is 6.07. The van der Waals surface area contributed by atoms with Gasteiger partial charge in [-0.2, -0.15) is 0 Å². The Balaban J connectivity index is 1.79. The van der Waals surface area contributed by atoms with Crippen LogP contribution >= 0.6 is 0 Å². The number of nitrogens with two attached hydrogens (primary N) is 1. The number of hydrogen-bond donors (Lipinski definition) is 2. The zero-order valence-corrected chi connectivity index (χ0v) is 11.9. The van der Waals surface area contributed by atoms with Gasteiger partial charge in [-0.3, -0.25) is 0 Å². The lowest BCUT2D eigenvalue weighted by molar-refractivity contribution is 0.127. The Hall–Kier alpha value is -0.810. The van der Waals surface area contributed by atoms with Crippen molar-refractivity contribution in [1.29, 1.82) is 0 Å². The van der Waals surface area contributed by atoms with Gasteiger partial charge in [-0.15, -0.1) is 0 Å². The van der Waals surface area contributed by atoms with Gasteiger partial charge in [-0.25, -0.2) is 0 Å². The molecule has 2 fully saturated rings. The Bertz CT molecular complexity index is 309. The van der Waals surface area contributed by atoms with Crippen LogP contribution in [0.1, 0.15) is 32.1 Å². The van der Waals surface area contributed by atoms with Gasteiger partial charge in [0.1, 0.15) is 5.84 Å². The molecule has 2 aliphatic rings. The molecule has 110 valence electrons. The molecule has 3 atom stereocenters. The number of rotatable bonds is 8. The molecule has 0 aliphatic heterocycles. The van der Waals surface area contributed by atoms with Crippen molar-refractivity contribution < 1.29 is 9.94 Å². The van der Waals surface area contributed by atoms with Crippen LogP contribution in [-0.2, 0) is 4.74 Å². The molecule has 2 aliphatic carbocycles. The van der Waals surface area contributed by atoms with Gasteiger partial charge in [0.25, 0.3) is 0 Å². The van der Waals surface area contributed by atoms with Crippen LogP contribution in [0.3, 0.4) is 0 Å². The zero-order chi connectivity index (χ0) is 13.7. The summed E-state index contributed by atoms with van der Waals surface area (Å²) in [6.07, 6.45) is 6.35. The molecule has 5 heteroatoms. The summed E-state index contributed by atoms with van der Waals surface area (Å²) in [7, 11) is 1.74. The van der Waals surface area contributed by atoms with Crippen molar-refractivity contribution in [2.45, 2.75) is 32.1 Å². The van der Waals surface area contributed by atoms with Gasteiger partial charge in [0, 0.05) is 33.2 Å². The largest absolute Gasteiger partial charge is 0.409 e. The first-order valence-corrected chi connectivity index (χ1v) is 7.40. The lowest BCUT2D eigenvalue weighted by atomic mass is 9.88. The minimum Gasteiger partial charge on any atom is -0.409 e. The highest BCUT2D eigenvalue weighted by Crippen LogP contribution is 2.48. The average Bonchev–Trinajstić information content (AvgIpc) is 3.03. The summed E-state index contributed by atoms with van der Waals surface area (Å²) in [5.74, 6) is 3.10. The molecule has 2 bridgehead atoms. The molecule has 0 heterocycles. The zero-order valence-electron chi connectivity index (χ0n) is 11.9. The van der Waals surface area contributed by atoms with E-state index in [1.807, 2.05) is 0 Å². The molecule has 19 heavy (non-hydrogen) atoms. The first kappa shape index (κ1) is 14.6. The quantitative estimate of drug-likeness (QED) is 0.303. The van der Waals surface area contributed by atoms with Gasteiger partial charge < -0.3 is 20.6 Å². The van der Waals surface area contributed by atoms with Crippen LogP contribution in [0.25, 0.3) is 0 Å². The van der Waals surface area contributed by atoms with E-state index in [0.29, 0.717) is 12.3 Å². The van der Waals surface area contributed by atoms with Crippen molar-refractivity contribution in [3.05, 3.63) is 0 Å². The Morgan fingerprint density at radius 2 is 2.21 bits per heavy atom. The average molecular weight is 269 g/mol. The summed E-state index contributed by atoms with van der Waals surface area (Å²) in [6, 6.07) is 0. The molecule has 3 N–H and O–H groups in total. The second-order valence-electron chi connectivity index (χ2n) is 6.07. The molecule has 0 saturated heterocycles. The van der Waals surface area contributed by atoms with E-state index in [1.54, 1.807) is 7.11 Å². The molecule has 5 nitrogen and oxygen atoms in total. The van der Waals surface area contributed by atoms with E-state index in [2.05, 4.69) is 10.1 Å². The van der Waals surface area contributed by atoms with Gasteiger partial charge in [-0.1, -0.05) is 11.6 Å². The topological polar surface area (TPSA) is 71.1 Å². The normalized spacial score (nSPS) is 30.4. The summed E-state index contributed by atoms with van der Waals surface area (Å²) in [5.41, 5.74) is 5.56. The Kier molecular flexibility index (Phi) is 5.45. The van der Waals surface area contributed by atoms with Crippen molar-refractivity contribution in [3.63, 3.8) is 0 Å². The predicted octanol–water partition coefficient (Wildman–Crippen LogP) is 1.51. The van der Waals surface area contributed by atoms with E-state index in [9.17, 15) is 0 Å². The van der Waals surface area contributed by atoms with Gasteiger partial charge in [0.05, 0.1) is 6.61 Å². The molecule has 0 amide bonds. The van der Waals surface area contributed by atoms with Crippen LogP contribution in [0.15, 0.2) is 5.16 Å². The van der Waals surface area contributed by atoms with Gasteiger partial charge >= 0.3 is 0 Å². The first-order chi connectivity index (χ1) is 9.22. The highest BCUT2D eigenvalue weighted by atomic mass is 16.5. The third-order valence-electron chi connectivity index (χ3n) is 4.80. The van der Waals surface area contributed by atoms with Crippen LogP contribution in [-0.4, -0.2) is 49.3 Å². The van der Waals surface area contributed by atoms with Crippen LogP contribution < -0.4 is 5.73 Å². The number of hydrogen-bond acceptors (Lipinski definition) is 4. The number of amidine groups is 1. The van der Waals surface area contributed by atoms with Crippen LogP contribution in [0.4, 0.5) is 0 Å². The molecule has 2 rings (SSSR count). The summed E-state index contributed by atoms with van der Waals surface area (Å²) in [5, 5.41) is 11.7. The minimum atomic E-state index is 0.315. The van der Waals surface area contributed by atoms with Crippen molar-refractivity contribution in [2.75, 3.05) is 33.4 Å². The summed E-state index contributed by atoms with van der Waals surface area (Å²) >= 11 is 0. The number of fused-ring (bicyclic) bond motifs is 2. The Morgan fingerprint density at radius 3 is 2.79 bits per heavy atom. The molecule has 0 aromatic heterocycles. The van der Waals surface area contributed by atoms with Crippen molar-refractivity contribution in [3.8, 4) is 0 Å². The maximum atomic E-state index is 8.61. The minimum absolute atomic E-state index is 0.315. The van der Waals surface area contributed by atoms with Crippen molar-refractivity contribution >= 4 is 5.84 Å². The third kappa shape index (κ3) is 4.08. The predicted molar refractivity (Wildman–Crippen MR) is 75.3 cm³/mol. The molecular formula is C14H27N3O2. The lowest BCUT2D eigenvalue weighted by Gasteiger charge is -2.29. The van der Waals surface area contributed by atoms with Crippen LogP contribution in [0, 0.1) is 17.8 Å². The molecule has 0 radical (unpaired) electrons. The fraction of sp³-hybridized carbons (Fsp3) is 0.929. The van der Waals surface area contributed by atoms with E-state index in [0.717, 1.165) is 44.0 Å². The summed E-state index contributed by atoms with van der Waals surface area (Å²) in [6.45, 7) is 3.68. The SMILES string of the molecule is COCCN(CCC(N)=NO)CC1CC2CCC1C2. The monoisotopic (exact) mass is 269 g/mol. The fourth-order valence-corrected chi connectivity index (χ4v) is 3.77. The maximum Gasteiger partial charge on any atom is 0.140 e. The van der Waals surface area contributed by atoms with E-state index in [4.69, 9.17) is 15.7 Å². The highest BCUT2D eigenvalue weighted by Gasteiger charge is 2.39. The lowest BCUT2D eigenvalue weighted by Crippen LogP contribution is -2.36. The summed E-state index contributed by atoms with van der Waals surface area (Å²) in [4.78, 5) is 2.41. The number of nitrogens with zero attached hydrogens (tertiary/aromatic N) is 2. The van der Waals surface area contributed by atoms with E-state index < -0.39 is 0 Å². The Morgan fingerprint density at radius 1 is 1.37 bits per heavy atom. The van der Waals surface area contributed by atoms with E-state index >= 15 is 0 Å². The molecule has 0 spiro atoms. The fourth-order valence-electron chi connectivity index (χ4n) is 3.77. The maximum absolute atomic E-state index is 8.61. The van der Waals surface area contributed by atoms with E-state index in [1.165, 1.54) is 25.7 Å². The summed E-state index contributed by atoms with van der Waals surface area (Å²) < 4.78 is 5.18. The van der Waals surface area contributed by atoms with Crippen LogP contribution in [0.5, 0.6) is 0 Å². The standard InChI is InChI=1S/C14H27N3O2/c1-19-7-6-17(5-4-14(15)16-18)10-13-9-11-2-3-12(13)8-11/h11-13,18H,2-10H2,1H3,(H2,15,16). The molecular weight excluding hydrogens is 242 g/mol. The van der Waals surface area contributed by atoms with Crippen molar-refractivity contribution in [2.24, 2.45) is 28.6 Å². The number of methoxy groups -OCH3 is 1. The number of oxime groups is 1. The first-order valence-electron chi connectivity index (χ1n) is 7.40. The second kappa shape index (κ2) is 7.10. The van der Waals surface area contributed by atoms with Crippen molar-refractivity contribution in [1.82, 2.24) is 4.90 Å². The van der Waals surface area contributed by atoms with E-state index in [-0.39, 0.29) is 0 Å². The Labute approximate surface area is 115 Å². The molecule has 2 saturated carbocycles. The third-order valence-corrected chi connectivity index (χ3v) is 4.80. The van der Waals surface area contributed by atoms with Gasteiger partial charge in [0.15, 0.2) is 0 Å². The molecule has 0 aromatic carbocycles. The molecule has 3 unspecified atom stereocenters.